The van der Waals surface area contributed by atoms with Crippen LogP contribution in [0.25, 0.3) is 0 Å². The first kappa shape index (κ1) is 10.5. The third kappa shape index (κ3) is 3.31. The lowest BCUT2D eigenvalue weighted by Gasteiger charge is -2.33. The number of fused-ring (bicyclic) bond motifs is 2. The van der Waals surface area contributed by atoms with Crippen molar-refractivity contribution in [1.82, 2.24) is 0 Å². The molecule has 0 aliphatic carbocycles. The van der Waals surface area contributed by atoms with E-state index in [1.165, 1.54) is 51.4 Å². The molecule has 0 unspecified atom stereocenters. The summed E-state index contributed by atoms with van der Waals surface area (Å²) in [6.45, 7) is 2.00. The van der Waals surface area contributed by atoms with E-state index in [2.05, 4.69) is 7.28 Å². The molecule has 3 aliphatic heterocycles. The second kappa shape index (κ2) is 5.80. The molecule has 0 aromatic rings. The molecule has 3 heterocycles. The predicted molar refractivity (Wildman–Crippen MR) is 61.0 cm³/mol. The standard InChI is InChI=1S/C8H14B.C4H8O/c1-3-7-5-2-6-8(4-1)9-7;1-2-4-5-3-1/h7-8H,1-6H2;1-4H2. The summed E-state index contributed by atoms with van der Waals surface area (Å²) in [6.07, 6.45) is 11.6. The van der Waals surface area contributed by atoms with Crippen LogP contribution in [0.5, 0.6) is 0 Å². The first-order valence-corrected chi connectivity index (χ1v) is 6.38. The Morgan fingerprint density at radius 3 is 1.50 bits per heavy atom. The summed E-state index contributed by atoms with van der Waals surface area (Å²) < 4.78 is 4.94. The molecule has 0 amide bonds. The Morgan fingerprint density at radius 2 is 1.21 bits per heavy atom. The second-order valence-electron chi connectivity index (χ2n) is 4.89. The largest absolute Gasteiger partial charge is 0.381 e. The molecule has 3 fully saturated rings. The lowest BCUT2D eigenvalue weighted by Crippen LogP contribution is -2.21. The van der Waals surface area contributed by atoms with Gasteiger partial charge in [0.2, 0.25) is 0 Å². The molecule has 3 saturated heterocycles. The van der Waals surface area contributed by atoms with Gasteiger partial charge in [0.1, 0.15) is 7.28 Å². The highest BCUT2D eigenvalue weighted by molar-refractivity contribution is 6.40. The van der Waals surface area contributed by atoms with Gasteiger partial charge in [0.05, 0.1) is 0 Å². The Labute approximate surface area is 88.8 Å². The minimum atomic E-state index is 1.00. The fourth-order valence-corrected chi connectivity index (χ4v) is 2.85. The third-order valence-electron chi connectivity index (χ3n) is 3.67. The molecule has 0 aromatic heterocycles. The SMILES string of the molecule is C1CCOC1.[B]1C2CCCC1CCC2. The van der Waals surface area contributed by atoms with Gasteiger partial charge in [-0.3, -0.25) is 0 Å². The van der Waals surface area contributed by atoms with Crippen LogP contribution in [0.3, 0.4) is 0 Å². The molecule has 14 heavy (non-hydrogen) atoms. The minimum Gasteiger partial charge on any atom is -0.381 e. The van der Waals surface area contributed by atoms with Crippen molar-refractivity contribution in [3.05, 3.63) is 0 Å². The molecule has 2 bridgehead atoms. The second-order valence-corrected chi connectivity index (χ2v) is 4.89. The topological polar surface area (TPSA) is 9.23 Å². The van der Waals surface area contributed by atoms with E-state index in [-0.39, 0.29) is 0 Å². The van der Waals surface area contributed by atoms with E-state index < -0.39 is 0 Å². The highest BCUT2D eigenvalue weighted by atomic mass is 16.5. The van der Waals surface area contributed by atoms with Gasteiger partial charge in [-0.2, -0.15) is 0 Å². The van der Waals surface area contributed by atoms with Crippen molar-refractivity contribution < 1.29 is 4.74 Å². The van der Waals surface area contributed by atoms with Crippen molar-refractivity contribution in [3.8, 4) is 0 Å². The van der Waals surface area contributed by atoms with Crippen LogP contribution in [0.2, 0.25) is 11.6 Å². The van der Waals surface area contributed by atoms with Crippen LogP contribution in [0, 0.1) is 0 Å². The Hall–Kier alpha value is 0.0249. The molecule has 3 rings (SSSR count). The van der Waals surface area contributed by atoms with E-state index in [4.69, 9.17) is 4.74 Å². The highest BCUT2D eigenvalue weighted by Gasteiger charge is 2.26. The lowest BCUT2D eigenvalue weighted by atomic mass is 9.44. The number of hydrogen-bond donors (Lipinski definition) is 0. The van der Waals surface area contributed by atoms with E-state index in [9.17, 15) is 0 Å². The van der Waals surface area contributed by atoms with Crippen LogP contribution < -0.4 is 0 Å². The Bertz CT molecular complexity index is 129. The number of hydrogen-bond acceptors (Lipinski definition) is 1. The molecule has 0 N–H and O–H groups in total. The summed E-state index contributed by atoms with van der Waals surface area (Å²) in [4.78, 5) is 0. The van der Waals surface area contributed by atoms with Crippen molar-refractivity contribution in [1.29, 1.82) is 0 Å². The first-order chi connectivity index (χ1) is 6.95. The van der Waals surface area contributed by atoms with Crippen molar-refractivity contribution in [2.45, 2.75) is 63.0 Å². The van der Waals surface area contributed by atoms with Gasteiger partial charge in [-0.15, -0.1) is 0 Å². The number of ether oxygens (including phenoxy) is 1. The van der Waals surface area contributed by atoms with E-state index >= 15 is 0 Å². The maximum Gasteiger partial charge on any atom is 0.117 e. The Balaban J connectivity index is 0.000000128. The maximum atomic E-state index is 4.94. The average Bonchev–Trinajstić information content (AvgIpc) is 2.76. The van der Waals surface area contributed by atoms with E-state index in [1.807, 2.05) is 0 Å². The molecule has 3 aliphatic rings. The van der Waals surface area contributed by atoms with E-state index in [0.29, 0.717) is 0 Å². The summed E-state index contributed by atoms with van der Waals surface area (Å²) in [5.74, 6) is 2.05. The van der Waals surface area contributed by atoms with Crippen LogP contribution in [0.15, 0.2) is 0 Å². The molecule has 1 radical (unpaired) electrons. The van der Waals surface area contributed by atoms with Crippen molar-refractivity contribution in [2.24, 2.45) is 0 Å². The smallest absolute Gasteiger partial charge is 0.117 e. The average molecular weight is 193 g/mol. The van der Waals surface area contributed by atoms with Crippen LogP contribution in [-0.2, 0) is 4.74 Å². The van der Waals surface area contributed by atoms with Crippen LogP contribution in [0.1, 0.15) is 51.4 Å². The molecule has 0 saturated carbocycles. The summed E-state index contributed by atoms with van der Waals surface area (Å²) in [6, 6.07) is 0. The van der Waals surface area contributed by atoms with Crippen molar-refractivity contribution in [3.63, 3.8) is 0 Å². The molecular formula is C12H22BO. The molecule has 79 valence electrons. The molecule has 1 nitrogen and oxygen atoms in total. The maximum absolute atomic E-state index is 4.94. The van der Waals surface area contributed by atoms with Gasteiger partial charge in [-0.05, 0) is 12.8 Å². The van der Waals surface area contributed by atoms with E-state index in [1.54, 1.807) is 0 Å². The van der Waals surface area contributed by atoms with Crippen LogP contribution in [-0.4, -0.2) is 20.5 Å². The Morgan fingerprint density at radius 1 is 0.714 bits per heavy atom. The van der Waals surface area contributed by atoms with Gasteiger partial charge in [-0.1, -0.05) is 50.2 Å². The summed E-state index contributed by atoms with van der Waals surface area (Å²) in [7, 11) is 2.62. The highest BCUT2D eigenvalue weighted by Crippen LogP contribution is 2.40. The van der Waals surface area contributed by atoms with Crippen molar-refractivity contribution >= 4 is 7.28 Å². The van der Waals surface area contributed by atoms with Gasteiger partial charge >= 0.3 is 0 Å². The zero-order valence-corrected chi connectivity index (χ0v) is 9.21. The normalized spacial score (nSPS) is 35.4. The van der Waals surface area contributed by atoms with Crippen LogP contribution in [0.4, 0.5) is 0 Å². The van der Waals surface area contributed by atoms with Gasteiger partial charge in [-0.25, -0.2) is 0 Å². The molecule has 2 heteroatoms. The van der Waals surface area contributed by atoms with Gasteiger partial charge in [0.15, 0.2) is 0 Å². The van der Waals surface area contributed by atoms with Gasteiger partial charge in [0.25, 0.3) is 0 Å². The van der Waals surface area contributed by atoms with Gasteiger partial charge < -0.3 is 4.74 Å². The minimum absolute atomic E-state index is 1.00. The lowest BCUT2D eigenvalue weighted by molar-refractivity contribution is 0.198. The zero-order valence-electron chi connectivity index (χ0n) is 9.21. The van der Waals surface area contributed by atoms with Crippen LogP contribution >= 0.6 is 0 Å². The predicted octanol–water partition coefficient (Wildman–Crippen LogP) is 3.43. The Kier molecular flexibility index (Phi) is 4.36. The number of rotatable bonds is 0. The fourth-order valence-electron chi connectivity index (χ4n) is 2.85. The fraction of sp³-hybridized carbons (Fsp3) is 1.00. The monoisotopic (exact) mass is 193 g/mol. The summed E-state index contributed by atoms with van der Waals surface area (Å²) >= 11 is 0. The van der Waals surface area contributed by atoms with Crippen molar-refractivity contribution in [2.75, 3.05) is 13.2 Å². The zero-order chi connectivity index (χ0) is 9.64. The molecule has 0 aromatic carbocycles. The first-order valence-electron chi connectivity index (χ1n) is 6.38. The molecule has 0 spiro atoms. The summed E-state index contributed by atoms with van der Waals surface area (Å²) in [5, 5.41) is 0. The quantitative estimate of drug-likeness (QED) is 0.535. The van der Waals surface area contributed by atoms with Gasteiger partial charge in [0, 0.05) is 13.2 Å². The third-order valence-corrected chi connectivity index (χ3v) is 3.67. The molecule has 0 atom stereocenters. The summed E-state index contributed by atoms with van der Waals surface area (Å²) in [5.41, 5.74) is 0. The molecular weight excluding hydrogens is 171 g/mol. The van der Waals surface area contributed by atoms with E-state index in [0.717, 1.165) is 24.8 Å².